The average Bonchev–Trinajstić information content (AvgIpc) is 3.13. The Morgan fingerprint density at radius 1 is 0.804 bits per heavy atom. The van der Waals surface area contributed by atoms with Gasteiger partial charge in [0.1, 0.15) is 29.5 Å². The van der Waals surface area contributed by atoms with Gasteiger partial charge in [0.2, 0.25) is 11.8 Å². The van der Waals surface area contributed by atoms with Crippen molar-refractivity contribution in [3.8, 4) is 5.75 Å². The Kier molecular flexibility index (Phi) is 11.9. The maximum Gasteiger partial charge on any atom is 0.328 e. The number of nitrogens with one attached hydrogen (secondary N) is 2. The molecule has 51 heavy (non-hydrogen) atoms. The smallest absolute Gasteiger partial charge is 0.328 e. The van der Waals surface area contributed by atoms with Crippen LogP contribution in [0.15, 0.2) is 103 Å². The van der Waals surface area contributed by atoms with Crippen molar-refractivity contribution in [1.29, 1.82) is 0 Å². The summed E-state index contributed by atoms with van der Waals surface area (Å²) in [6.07, 6.45) is 0.317. The molecule has 11 nitrogen and oxygen atoms in total. The molecule has 1 aliphatic heterocycles. The molecule has 4 N–H and O–H groups in total. The van der Waals surface area contributed by atoms with E-state index in [1.165, 1.54) is 53.4 Å². The van der Waals surface area contributed by atoms with E-state index in [4.69, 9.17) is 4.74 Å². The second-order valence-corrected chi connectivity index (χ2v) is 12.0. The van der Waals surface area contributed by atoms with Crippen LogP contribution in [0.4, 0.5) is 14.5 Å². The molecule has 4 aromatic carbocycles. The lowest BCUT2D eigenvalue weighted by Crippen LogP contribution is -2.55. The van der Waals surface area contributed by atoms with Gasteiger partial charge in [-0.1, -0.05) is 42.5 Å². The fraction of sp³-hybridized carbons (Fsp3) is 0.237. The first-order chi connectivity index (χ1) is 24.5. The number of carbonyl (C=O) groups excluding carboxylic acids is 4. The number of hydrogen-bond acceptors (Lipinski definition) is 7. The van der Waals surface area contributed by atoms with Crippen molar-refractivity contribution in [1.82, 2.24) is 10.6 Å². The zero-order valence-electron chi connectivity index (χ0n) is 27.2. The monoisotopic (exact) mass is 699 g/mol. The first kappa shape index (κ1) is 36.3. The molecule has 5 rings (SSSR count). The molecule has 4 aromatic rings. The van der Waals surface area contributed by atoms with E-state index in [2.05, 4.69) is 10.6 Å². The topological polar surface area (TPSA) is 162 Å². The number of nitrogens with zero attached hydrogens (tertiary/aromatic N) is 1. The second-order valence-electron chi connectivity index (χ2n) is 12.0. The molecule has 264 valence electrons. The lowest BCUT2D eigenvalue weighted by molar-refractivity contribution is -0.143. The average molecular weight is 700 g/mol. The van der Waals surface area contributed by atoms with Crippen molar-refractivity contribution in [2.24, 2.45) is 5.92 Å². The summed E-state index contributed by atoms with van der Waals surface area (Å²) in [6, 6.07) is 22.8. The Bertz CT molecular complexity index is 1860. The fourth-order valence-electron chi connectivity index (χ4n) is 5.83. The van der Waals surface area contributed by atoms with Crippen LogP contribution >= 0.6 is 0 Å². The summed E-state index contributed by atoms with van der Waals surface area (Å²) in [5.74, 6) is -4.57. The van der Waals surface area contributed by atoms with E-state index < -0.39 is 66.7 Å². The minimum Gasteiger partial charge on any atom is -0.484 e. The Morgan fingerprint density at radius 2 is 1.43 bits per heavy atom. The Balaban J connectivity index is 1.25. The van der Waals surface area contributed by atoms with Crippen LogP contribution in [0.3, 0.4) is 0 Å². The Labute approximate surface area is 291 Å². The highest BCUT2D eigenvalue weighted by atomic mass is 19.1. The third-order valence-corrected chi connectivity index (χ3v) is 8.49. The largest absolute Gasteiger partial charge is 0.484 e. The summed E-state index contributed by atoms with van der Waals surface area (Å²) in [5.41, 5.74) is 2.22. The molecule has 13 heteroatoms. The van der Waals surface area contributed by atoms with Crippen LogP contribution in [0.2, 0.25) is 0 Å². The van der Waals surface area contributed by atoms with Gasteiger partial charge in [0.05, 0.1) is 18.6 Å². The van der Waals surface area contributed by atoms with Gasteiger partial charge in [0, 0.05) is 24.1 Å². The minimum absolute atomic E-state index is 0.0478. The number of halogens is 2. The SMILES string of the molecule is O=C(COc1ccc([C@@H]2[C@@H](CCC(=O)c3ccc(F)cc3)C(=O)N2c2ccc(F)cc2)cc1)N[C@H](Cc1ccccc1)C(=O)N[C@@H](CO)C(=O)O. The first-order valence-corrected chi connectivity index (χ1v) is 16.1. The van der Waals surface area contributed by atoms with Crippen LogP contribution in [-0.4, -0.2) is 65.0 Å². The molecule has 4 atom stereocenters. The van der Waals surface area contributed by atoms with Crippen molar-refractivity contribution in [2.75, 3.05) is 18.1 Å². The van der Waals surface area contributed by atoms with Crippen LogP contribution in [-0.2, 0) is 25.6 Å². The Hall–Kier alpha value is -5.95. The van der Waals surface area contributed by atoms with Crippen LogP contribution < -0.4 is 20.3 Å². The number of aliphatic hydroxyl groups is 1. The zero-order chi connectivity index (χ0) is 36.5. The number of ether oxygens (including phenoxy) is 1. The molecule has 1 heterocycles. The molecule has 0 bridgehead atoms. The van der Waals surface area contributed by atoms with Gasteiger partial charge < -0.3 is 30.5 Å². The molecule has 1 fully saturated rings. The van der Waals surface area contributed by atoms with E-state index in [1.807, 2.05) is 0 Å². The summed E-state index contributed by atoms with van der Waals surface area (Å²) in [5, 5.41) is 23.3. The standard InChI is InChI=1S/C38H35F2N3O8/c39-26-10-6-24(7-11-26)33(45)19-18-30-35(43(37(30)48)28-14-12-27(40)13-15-28)25-8-16-29(17-9-25)51-22-34(46)41-31(20-23-4-2-1-3-5-23)36(47)42-32(21-44)38(49)50/h1-17,30-32,35,44H,18-22H2,(H,41,46)(H,42,47)(H,49,50)/t30-,31-,32+,35-/m1/s1. The van der Waals surface area contributed by atoms with Crippen molar-refractivity contribution in [3.05, 3.63) is 131 Å². The number of amides is 3. The second kappa shape index (κ2) is 16.6. The van der Waals surface area contributed by atoms with Gasteiger partial charge in [-0.05, 0) is 78.2 Å². The van der Waals surface area contributed by atoms with Gasteiger partial charge in [-0.15, -0.1) is 0 Å². The number of ketones is 1. The zero-order valence-corrected chi connectivity index (χ0v) is 27.2. The van der Waals surface area contributed by atoms with Crippen molar-refractivity contribution in [2.45, 2.75) is 37.4 Å². The van der Waals surface area contributed by atoms with E-state index >= 15 is 0 Å². The number of benzene rings is 4. The molecule has 1 aliphatic rings. The number of aliphatic carboxylic acids is 1. The number of carboxylic acids is 1. The molecule has 1 saturated heterocycles. The number of aliphatic hydroxyl groups excluding tert-OH is 1. The van der Waals surface area contributed by atoms with Crippen molar-refractivity contribution in [3.63, 3.8) is 0 Å². The van der Waals surface area contributed by atoms with Gasteiger partial charge in [-0.3, -0.25) is 19.2 Å². The first-order valence-electron chi connectivity index (χ1n) is 16.1. The molecule has 0 radical (unpaired) electrons. The van der Waals surface area contributed by atoms with E-state index in [9.17, 15) is 43.0 Å². The van der Waals surface area contributed by atoms with Gasteiger partial charge in [0.25, 0.3) is 5.91 Å². The lowest BCUT2D eigenvalue weighted by atomic mass is 9.78. The predicted octanol–water partition coefficient (Wildman–Crippen LogP) is 4.00. The van der Waals surface area contributed by atoms with Crippen LogP contribution in [0, 0.1) is 17.6 Å². The van der Waals surface area contributed by atoms with Gasteiger partial charge in [-0.2, -0.15) is 0 Å². The van der Waals surface area contributed by atoms with Crippen LogP contribution in [0.5, 0.6) is 5.75 Å². The third kappa shape index (κ3) is 9.19. The normalized spacial score (nSPS) is 16.4. The molecule has 3 amide bonds. The summed E-state index contributed by atoms with van der Waals surface area (Å²) in [6.45, 7) is -1.32. The van der Waals surface area contributed by atoms with Gasteiger partial charge in [0.15, 0.2) is 12.4 Å². The van der Waals surface area contributed by atoms with Crippen LogP contribution in [0.25, 0.3) is 0 Å². The van der Waals surface area contributed by atoms with Gasteiger partial charge in [-0.25, -0.2) is 13.6 Å². The summed E-state index contributed by atoms with van der Waals surface area (Å²) in [7, 11) is 0. The predicted molar refractivity (Wildman–Crippen MR) is 181 cm³/mol. The molecule has 0 aliphatic carbocycles. The quantitative estimate of drug-likeness (QED) is 0.101. The van der Waals surface area contributed by atoms with Crippen LogP contribution in [0.1, 0.15) is 40.4 Å². The molecule has 0 saturated carbocycles. The molecular weight excluding hydrogens is 664 g/mol. The molecule has 0 aromatic heterocycles. The molecule has 0 unspecified atom stereocenters. The van der Waals surface area contributed by atoms with Gasteiger partial charge >= 0.3 is 5.97 Å². The molecule has 0 spiro atoms. The number of Topliss-reactive ketones (excluding diaryl/α,β-unsaturated/α-hetero) is 1. The number of carboxylic acid groups (broad SMARTS) is 1. The van der Waals surface area contributed by atoms with E-state index in [0.29, 0.717) is 28.1 Å². The summed E-state index contributed by atoms with van der Waals surface area (Å²) < 4.78 is 32.7. The highest BCUT2D eigenvalue weighted by Crippen LogP contribution is 2.46. The molecular formula is C38H35F2N3O8. The highest BCUT2D eigenvalue weighted by molar-refractivity contribution is 6.04. The Morgan fingerprint density at radius 3 is 2.04 bits per heavy atom. The maximum absolute atomic E-state index is 13.7. The van der Waals surface area contributed by atoms with Crippen molar-refractivity contribution >= 4 is 35.2 Å². The number of carbonyl (C=O) groups is 5. The van der Waals surface area contributed by atoms with E-state index in [1.54, 1.807) is 54.6 Å². The number of β-lactam (4-membered cyclic amide) rings is 1. The number of hydrogen-bond donors (Lipinski definition) is 4. The summed E-state index contributed by atoms with van der Waals surface area (Å²) in [4.78, 5) is 64.8. The van der Waals surface area contributed by atoms with E-state index in [0.717, 1.165) is 0 Å². The van der Waals surface area contributed by atoms with E-state index in [-0.39, 0.29) is 31.0 Å². The maximum atomic E-state index is 13.7. The number of rotatable bonds is 16. The lowest BCUT2D eigenvalue weighted by Gasteiger charge is -2.47. The minimum atomic E-state index is -1.55. The third-order valence-electron chi connectivity index (χ3n) is 8.49. The van der Waals surface area contributed by atoms with Crippen molar-refractivity contribution < 1.29 is 47.7 Å². The fourth-order valence-corrected chi connectivity index (χ4v) is 5.83. The highest BCUT2D eigenvalue weighted by Gasteiger charge is 2.48. The summed E-state index contributed by atoms with van der Waals surface area (Å²) >= 11 is 0. The number of anilines is 1.